The van der Waals surface area contributed by atoms with E-state index in [0.29, 0.717) is 13.1 Å². The minimum Gasteiger partial charge on any atom is -0.363 e. The maximum absolute atomic E-state index is 12.0. The van der Waals surface area contributed by atoms with Crippen molar-refractivity contribution in [2.75, 3.05) is 26.2 Å². The molecule has 0 atom stereocenters. The molecule has 2 aliphatic heterocycles. The molecule has 2 fully saturated rings. The van der Waals surface area contributed by atoms with Crippen molar-refractivity contribution in [3.05, 3.63) is 30.1 Å². The topological polar surface area (TPSA) is 54.5 Å². The fraction of sp³-hybridized carbons (Fsp3) is 0.571. The molecule has 0 unspecified atom stereocenters. The summed E-state index contributed by atoms with van der Waals surface area (Å²) in [5.41, 5.74) is 0.787. The van der Waals surface area contributed by atoms with Crippen molar-refractivity contribution in [2.45, 2.75) is 25.0 Å². The molecule has 1 amide bonds. The fourth-order valence-corrected chi connectivity index (χ4v) is 2.80. The number of nitrogens with zero attached hydrogens (tertiary/aromatic N) is 2. The number of carbonyl (C=O) groups is 1. The van der Waals surface area contributed by atoms with Gasteiger partial charge in [0, 0.05) is 6.20 Å². The molecule has 1 aromatic rings. The minimum atomic E-state index is -0.145. The Labute approximate surface area is 113 Å². The van der Waals surface area contributed by atoms with Crippen molar-refractivity contribution in [3.63, 3.8) is 0 Å². The Morgan fingerprint density at radius 2 is 2.21 bits per heavy atom. The molecule has 19 heavy (non-hydrogen) atoms. The van der Waals surface area contributed by atoms with Crippen molar-refractivity contribution in [1.29, 1.82) is 0 Å². The van der Waals surface area contributed by atoms with Gasteiger partial charge in [0.15, 0.2) is 0 Å². The molecule has 5 heteroatoms. The van der Waals surface area contributed by atoms with Gasteiger partial charge in [0.2, 0.25) is 5.91 Å². The summed E-state index contributed by atoms with van der Waals surface area (Å²) in [6, 6.07) is 5.80. The Balaban J connectivity index is 1.71. The summed E-state index contributed by atoms with van der Waals surface area (Å²) in [6.07, 6.45) is 3.71. The summed E-state index contributed by atoms with van der Waals surface area (Å²) in [7, 11) is 0. The van der Waals surface area contributed by atoms with Crippen LogP contribution in [0.25, 0.3) is 0 Å². The Morgan fingerprint density at radius 3 is 2.95 bits per heavy atom. The average molecular weight is 261 g/mol. The van der Waals surface area contributed by atoms with Gasteiger partial charge < -0.3 is 15.0 Å². The first-order valence-electron chi connectivity index (χ1n) is 6.80. The summed E-state index contributed by atoms with van der Waals surface area (Å²) >= 11 is 0. The van der Waals surface area contributed by atoms with E-state index in [2.05, 4.69) is 10.3 Å². The zero-order valence-corrected chi connectivity index (χ0v) is 11.0. The number of hydrogen-bond donors (Lipinski definition) is 1. The third-order valence-electron chi connectivity index (χ3n) is 3.93. The second-order valence-electron chi connectivity index (χ2n) is 5.29. The molecule has 0 saturated carbocycles. The van der Waals surface area contributed by atoms with Gasteiger partial charge in [0.05, 0.1) is 24.4 Å². The van der Waals surface area contributed by atoms with Gasteiger partial charge in [-0.3, -0.25) is 9.78 Å². The maximum atomic E-state index is 12.0. The lowest BCUT2D eigenvalue weighted by Crippen LogP contribution is -2.57. The van der Waals surface area contributed by atoms with Crippen molar-refractivity contribution in [2.24, 2.45) is 0 Å². The van der Waals surface area contributed by atoms with Crippen LogP contribution >= 0.6 is 0 Å². The van der Waals surface area contributed by atoms with E-state index in [4.69, 9.17) is 4.74 Å². The van der Waals surface area contributed by atoms with E-state index < -0.39 is 0 Å². The Bertz CT molecular complexity index is 443. The molecule has 1 N–H and O–H groups in total. The molecule has 3 rings (SSSR count). The van der Waals surface area contributed by atoms with E-state index in [1.807, 2.05) is 23.1 Å². The van der Waals surface area contributed by atoms with E-state index in [-0.39, 0.29) is 18.1 Å². The molecule has 3 heterocycles. The van der Waals surface area contributed by atoms with Crippen LogP contribution in [0.15, 0.2) is 24.4 Å². The second kappa shape index (κ2) is 5.27. The number of morpholine rings is 1. The van der Waals surface area contributed by atoms with Crippen LogP contribution in [0.4, 0.5) is 0 Å². The second-order valence-corrected chi connectivity index (χ2v) is 5.29. The monoisotopic (exact) mass is 261 g/mol. The molecule has 1 spiro atoms. The third kappa shape index (κ3) is 2.77. The Hall–Kier alpha value is -1.46. The number of hydrogen-bond acceptors (Lipinski definition) is 4. The number of piperidine rings is 1. The van der Waals surface area contributed by atoms with Crippen LogP contribution in [0.5, 0.6) is 0 Å². The highest BCUT2D eigenvalue weighted by molar-refractivity contribution is 5.78. The summed E-state index contributed by atoms with van der Waals surface area (Å²) in [4.78, 5) is 18.2. The summed E-state index contributed by atoms with van der Waals surface area (Å²) in [6.45, 7) is 3.40. The van der Waals surface area contributed by atoms with E-state index in [0.717, 1.165) is 31.6 Å². The molecular weight excluding hydrogens is 242 g/mol. The number of nitrogens with one attached hydrogen (secondary N) is 1. The lowest BCUT2D eigenvalue weighted by Gasteiger charge is -2.44. The maximum Gasteiger partial charge on any atom is 0.249 e. The van der Waals surface area contributed by atoms with Gasteiger partial charge in [0.25, 0.3) is 0 Å². The molecule has 1 aromatic heterocycles. The number of aromatic nitrogens is 1. The molecule has 0 aliphatic carbocycles. The average Bonchev–Trinajstić information content (AvgIpc) is 2.45. The number of ether oxygens (including phenoxy) is 1. The van der Waals surface area contributed by atoms with Crippen LogP contribution in [0, 0.1) is 0 Å². The van der Waals surface area contributed by atoms with Gasteiger partial charge in [-0.25, -0.2) is 0 Å². The van der Waals surface area contributed by atoms with Crippen molar-refractivity contribution < 1.29 is 9.53 Å². The number of pyridine rings is 1. The number of carbonyl (C=O) groups excluding carboxylic acids is 1. The molecule has 0 bridgehead atoms. The van der Waals surface area contributed by atoms with Crippen LogP contribution in [-0.4, -0.2) is 47.6 Å². The quantitative estimate of drug-likeness (QED) is 0.845. The van der Waals surface area contributed by atoms with Crippen molar-refractivity contribution >= 4 is 5.91 Å². The van der Waals surface area contributed by atoms with E-state index in [1.165, 1.54) is 0 Å². The van der Waals surface area contributed by atoms with Gasteiger partial charge in [-0.1, -0.05) is 6.07 Å². The molecule has 0 aromatic carbocycles. The van der Waals surface area contributed by atoms with Crippen molar-refractivity contribution in [3.8, 4) is 0 Å². The van der Waals surface area contributed by atoms with Crippen molar-refractivity contribution in [1.82, 2.24) is 15.2 Å². The smallest absolute Gasteiger partial charge is 0.249 e. The first kappa shape index (κ1) is 12.6. The Kier molecular flexibility index (Phi) is 3.48. The Morgan fingerprint density at radius 1 is 1.37 bits per heavy atom. The van der Waals surface area contributed by atoms with E-state index >= 15 is 0 Å². The molecule has 102 valence electrons. The lowest BCUT2D eigenvalue weighted by molar-refractivity contribution is -0.169. The van der Waals surface area contributed by atoms with Crippen LogP contribution in [0.1, 0.15) is 18.5 Å². The first-order valence-corrected chi connectivity index (χ1v) is 6.80. The van der Waals surface area contributed by atoms with Crippen LogP contribution < -0.4 is 5.32 Å². The summed E-state index contributed by atoms with van der Waals surface area (Å²) < 4.78 is 5.84. The fourth-order valence-electron chi connectivity index (χ4n) is 2.80. The molecular formula is C14H19N3O2. The summed E-state index contributed by atoms with van der Waals surface area (Å²) in [5.74, 6) is 0.0646. The SMILES string of the molecule is O=C1COC2(CCNCC2)CN1Cc1ccccn1. The predicted molar refractivity (Wildman–Crippen MR) is 70.4 cm³/mol. The molecule has 0 radical (unpaired) electrons. The summed E-state index contributed by atoms with van der Waals surface area (Å²) in [5, 5.41) is 3.34. The highest BCUT2D eigenvalue weighted by Crippen LogP contribution is 2.28. The van der Waals surface area contributed by atoms with Crippen LogP contribution in [0.2, 0.25) is 0 Å². The van der Waals surface area contributed by atoms with Gasteiger partial charge in [-0.05, 0) is 38.1 Å². The zero-order valence-electron chi connectivity index (χ0n) is 11.0. The minimum absolute atomic E-state index is 0.0646. The van der Waals surface area contributed by atoms with Gasteiger partial charge in [-0.2, -0.15) is 0 Å². The van der Waals surface area contributed by atoms with E-state index in [1.54, 1.807) is 6.20 Å². The van der Waals surface area contributed by atoms with Crippen LogP contribution in [-0.2, 0) is 16.1 Å². The zero-order chi connectivity index (χ0) is 13.1. The van der Waals surface area contributed by atoms with Gasteiger partial charge in [-0.15, -0.1) is 0 Å². The highest BCUT2D eigenvalue weighted by atomic mass is 16.5. The van der Waals surface area contributed by atoms with Gasteiger partial charge >= 0.3 is 0 Å². The molecule has 2 aliphatic rings. The first-order chi connectivity index (χ1) is 9.27. The lowest BCUT2D eigenvalue weighted by atomic mass is 9.90. The normalized spacial score (nSPS) is 22.7. The van der Waals surface area contributed by atoms with Crippen LogP contribution in [0.3, 0.4) is 0 Å². The van der Waals surface area contributed by atoms with Gasteiger partial charge in [0.1, 0.15) is 6.61 Å². The third-order valence-corrected chi connectivity index (χ3v) is 3.93. The number of rotatable bonds is 2. The van der Waals surface area contributed by atoms with E-state index in [9.17, 15) is 4.79 Å². The predicted octanol–water partition coefficient (Wildman–Crippen LogP) is 0.563. The molecule has 2 saturated heterocycles. The number of amides is 1. The molecule has 5 nitrogen and oxygen atoms in total. The largest absolute Gasteiger partial charge is 0.363 e. The standard InChI is InChI=1S/C14H19N3O2/c18-13-10-19-14(4-7-15-8-5-14)11-17(13)9-12-3-1-2-6-16-12/h1-3,6,15H,4-5,7-11H2. The highest BCUT2D eigenvalue weighted by Gasteiger charge is 2.40.